The fourth-order valence-electron chi connectivity index (χ4n) is 9.15. The summed E-state index contributed by atoms with van der Waals surface area (Å²) in [6.45, 7) is 13.6. The normalized spacial score (nSPS) is 21.2. The van der Waals surface area contributed by atoms with Crippen molar-refractivity contribution in [2.24, 2.45) is 23.7 Å². The minimum Gasteiger partial charge on any atom is -0.488 e. The van der Waals surface area contributed by atoms with Gasteiger partial charge in [0.25, 0.3) is 0 Å². The van der Waals surface area contributed by atoms with E-state index < -0.39 is 24.3 Å². The van der Waals surface area contributed by atoms with Crippen molar-refractivity contribution >= 4 is 24.0 Å². The topological polar surface area (TPSA) is 193 Å². The Hall–Kier alpha value is -6.06. The second-order valence-electron chi connectivity index (χ2n) is 17.4. The first-order chi connectivity index (χ1) is 28.7. The number of carbonyl (C=O) groups is 4. The maximum atomic E-state index is 13.8. The Balaban J connectivity index is 1.03. The van der Waals surface area contributed by atoms with Crippen molar-refractivity contribution in [2.75, 3.05) is 27.3 Å². The van der Waals surface area contributed by atoms with Crippen molar-refractivity contribution < 1.29 is 38.1 Å². The Kier molecular flexibility index (Phi) is 11.0. The third kappa shape index (κ3) is 7.51. The van der Waals surface area contributed by atoms with Gasteiger partial charge in [-0.25, -0.2) is 19.6 Å². The number of aromatic nitrogens is 4. The van der Waals surface area contributed by atoms with E-state index in [0.717, 1.165) is 69.1 Å². The maximum Gasteiger partial charge on any atom is 0.407 e. The monoisotopic (exact) mass is 822 g/mol. The van der Waals surface area contributed by atoms with E-state index in [0.29, 0.717) is 38.0 Å². The van der Waals surface area contributed by atoms with Gasteiger partial charge < -0.3 is 49.3 Å². The van der Waals surface area contributed by atoms with Gasteiger partial charge in [-0.2, -0.15) is 0 Å². The van der Waals surface area contributed by atoms with Crippen LogP contribution in [-0.4, -0.2) is 93.1 Å². The van der Waals surface area contributed by atoms with Crippen LogP contribution in [0.5, 0.6) is 11.5 Å². The quantitative estimate of drug-likeness (QED) is 0.137. The molecular formula is C44H54N8O8. The van der Waals surface area contributed by atoms with E-state index >= 15 is 0 Å². The van der Waals surface area contributed by atoms with Gasteiger partial charge in [0.15, 0.2) is 0 Å². The molecule has 16 heteroatoms. The van der Waals surface area contributed by atoms with E-state index in [1.807, 2.05) is 49.6 Å². The molecule has 0 bridgehead atoms. The minimum atomic E-state index is -0.725. The molecule has 6 heterocycles. The van der Waals surface area contributed by atoms with Crippen LogP contribution in [0.3, 0.4) is 0 Å². The molecule has 1 unspecified atom stereocenters. The number of nitrogens with one attached hydrogen (secondary N) is 4. The second-order valence-corrected chi connectivity index (χ2v) is 17.4. The van der Waals surface area contributed by atoms with Gasteiger partial charge in [-0.05, 0) is 60.8 Å². The van der Waals surface area contributed by atoms with E-state index in [-0.39, 0.29) is 47.6 Å². The van der Waals surface area contributed by atoms with Crippen LogP contribution < -0.4 is 20.1 Å². The number of imidazole rings is 2. The van der Waals surface area contributed by atoms with E-state index in [1.165, 1.54) is 14.2 Å². The smallest absolute Gasteiger partial charge is 0.407 e. The van der Waals surface area contributed by atoms with Crippen LogP contribution in [0.4, 0.5) is 9.59 Å². The third-order valence-corrected chi connectivity index (χ3v) is 12.2. The summed E-state index contributed by atoms with van der Waals surface area (Å²) in [5.41, 5.74) is 7.38. The van der Waals surface area contributed by atoms with Gasteiger partial charge in [0, 0.05) is 46.5 Å². The molecule has 2 saturated heterocycles. The van der Waals surface area contributed by atoms with Gasteiger partial charge in [-0.15, -0.1) is 0 Å². The van der Waals surface area contributed by atoms with Crippen LogP contribution in [0, 0.1) is 23.7 Å². The molecule has 4 aromatic rings. The van der Waals surface area contributed by atoms with Crippen LogP contribution in [0.1, 0.15) is 89.2 Å². The summed E-state index contributed by atoms with van der Waals surface area (Å²) < 4.78 is 22.5. The Bertz CT molecular complexity index is 2110. The molecule has 60 heavy (non-hydrogen) atoms. The van der Waals surface area contributed by atoms with Gasteiger partial charge in [0.05, 0.1) is 50.1 Å². The average molecular weight is 823 g/mol. The predicted molar refractivity (Wildman–Crippen MR) is 221 cm³/mol. The minimum absolute atomic E-state index is 0.135. The molecule has 2 aromatic heterocycles. The lowest BCUT2D eigenvalue weighted by molar-refractivity contribution is -0.136. The zero-order valence-electron chi connectivity index (χ0n) is 35.4. The molecule has 318 valence electrons. The Morgan fingerprint density at radius 1 is 0.683 bits per heavy atom. The van der Waals surface area contributed by atoms with E-state index in [1.54, 1.807) is 12.4 Å². The number of hydrogen-bond acceptors (Lipinski definition) is 10. The molecule has 0 radical (unpaired) electrons. The Labute approximate surface area is 349 Å². The maximum absolute atomic E-state index is 13.8. The molecule has 4 aliphatic rings. The average Bonchev–Trinajstić information content (AvgIpc) is 4.06. The van der Waals surface area contributed by atoms with Crippen molar-refractivity contribution in [3.05, 3.63) is 59.4 Å². The third-order valence-electron chi connectivity index (χ3n) is 12.2. The summed E-state index contributed by atoms with van der Waals surface area (Å²) in [5, 5.41) is 5.43. The van der Waals surface area contributed by atoms with Gasteiger partial charge in [-0.3, -0.25) is 9.59 Å². The fraction of sp³-hybridized carbons (Fsp3) is 0.500. The highest BCUT2D eigenvalue weighted by Gasteiger charge is 2.42. The second kappa shape index (κ2) is 16.2. The van der Waals surface area contributed by atoms with Crippen LogP contribution in [0.25, 0.3) is 33.6 Å². The van der Waals surface area contributed by atoms with E-state index in [4.69, 9.17) is 28.9 Å². The highest BCUT2D eigenvalue weighted by Crippen LogP contribution is 2.51. The Morgan fingerprint density at radius 3 is 1.45 bits per heavy atom. The number of nitrogens with zero attached hydrogens (tertiary/aromatic N) is 4. The number of hydrogen-bond donors (Lipinski definition) is 4. The van der Waals surface area contributed by atoms with Crippen molar-refractivity contribution in [2.45, 2.75) is 91.8 Å². The van der Waals surface area contributed by atoms with Crippen LogP contribution >= 0.6 is 0 Å². The van der Waals surface area contributed by atoms with Crippen molar-refractivity contribution in [3.63, 3.8) is 0 Å². The summed E-state index contributed by atoms with van der Waals surface area (Å²) in [6, 6.07) is 6.25. The lowest BCUT2D eigenvalue weighted by Crippen LogP contribution is -2.51. The number of likely N-dealkylation sites (tertiary alicyclic amines) is 2. The molecule has 2 fully saturated rings. The first kappa shape index (κ1) is 40.7. The largest absolute Gasteiger partial charge is 0.488 e. The molecular weight excluding hydrogens is 769 g/mol. The summed E-state index contributed by atoms with van der Waals surface area (Å²) in [7, 11) is 2.58. The number of benzene rings is 2. The molecule has 0 aliphatic carbocycles. The molecule has 0 saturated carbocycles. The van der Waals surface area contributed by atoms with Crippen LogP contribution in [-0.2, 0) is 32.3 Å². The number of rotatable bonds is 10. The molecule has 4 N–H and O–H groups in total. The highest BCUT2D eigenvalue weighted by molar-refractivity contribution is 5.89. The van der Waals surface area contributed by atoms with E-state index in [9.17, 15) is 19.2 Å². The number of methoxy groups -OCH3 is 2. The first-order valence-corrected chi connectivity index (χ1v) is 20.7. The molecule has 8 rings (SSSR count). The number of aromatic amines is 2. The standard InChI is InChI=1S/C44H54N8O8/c1-21(2)37(49-43(55)57-7)41(53)51-17-23(5)9-31(51)39-45-15-29(47-39)25-11-27-19-60-34-14-26(12-28-20-59-33(13-25)35(27)36(28)34)30-16-46-40(48-30)32-10-24(6)18-52(32)42(54)38(22(3)4)50-44(56)58-8/h11-16,21-24,31-32,37-38H,9-10,17-20H2,1-8H3,(H,45,47)(H,46,48)(H,49,55)(H,50,56)/t23-,24-,31-,32-,37-,38?/m0/s1. The zero-order valence-corrected chi connectivity index (χ0v) is 35.4. The zero-order chi connectivity index (χ0) is 42.6. The predicted octanol–water partition coefficient (Wildman–Crippen LogP) is 6.50. The highest BCUT2D eigenvalue weighted by atomic mass is 16.5. The lowest BCUT2D eigenvalue weighted by Gasteiger charge is -2.30. The summed E-state index contributed by atoms with van der Waals surface area (Å²) in [6.07, 6.45) is 3.79. The van der Waals surface area contributed by atoms with Gasteiger partial charge in [-0.1, -0.05) is 41.5 Å². The molecule has 6 atom stereocenters. The van der Waals surface area contributed by atoms with Gasteiger partial charge in [0.1, 0.15) is 48.4 Å². The number of amides is 4. The first-order valence-electron chi connectivity index (χ1n) is 20.7. The van der Waals surface area contributed by atoms with E-state index in [2.05, 4.69) is 46.6 Å². The molecule has 4 aliphatic heterocycles. The number of H-pyrrole nitrogens is 2. The van der Waals surface area contributed by atoms with Gasteiger partial charge >= 0.3 is 12.2 Å². The molecule has 4 amide bonds. The number of alkyl carbamates (subject to hydrolysis) is 2. The summed E-state index contributed by atoms with van der Waals surface area (Å²) in [4.78, 5) is 72.0. The summed E-state index contributed by atoms with van der Waals surface area (Å²) >= 11 is 0. The van der Waals surface area contributed by atoms with Crippen molar-refractivity contribution in [1.82, 2.24) is 40.4 Å². The van der Waals surface area contributed by atoms with Crippen LogP contribution in [0.15, 0.2) is 36.7 Å². The molecule has 16 nitrogen and oxygen atoms in total. The SMILES string of the molecule is COC(=O)NC(C(=O)N1C[C@@H](C)C[C@H]1c1ncc(-c2cc3c4c(c2)OCc2cc(-c5cnc([C@@H]6C[C@H](C)CN6C(=O)[C@@H](NC(=O)OC)C(C)C)[nH]5)cc(c2-4)OC3)[nH]1)C(C)C. The molecule has 2 aromatic carbocycles. The number of carbonyl (C=O) groups excluding carboxylic acids is 4. The fourth-order valence-corrected chi connectivity index (χ4v) is 9.15. The Morgan fingerprint density at radius 2 is 1.08 bits per heavy atom. The summed E-state index contributed by atoms with van der Waals surface area (Å²) in [5.74, 6) is 2.80. The van der Waals surface area contributed by atoms with Crippen molar-refractivity contribution in [1.29, 1.82) is 0 Å². The number of ether oxygens (including phenoxy) is 4. The lowest BCUT2D eigenvalue weighted by atomic mass is 9.87. The van der Waals surface area contributed by atoms with Crippen molar-refractivity contribution in [3.8, 4) is 45.1 Å². The van der Waals surface area contributed by atoms with Crippen LogP contribution in [0.2, 0.25) is 0 Å². The van der Waals surface area contributed by atoms with Gasteiger partial charge in [0.2, 0.25) is 11.8 Å². The molecule has 0 spiro atoms.